The van der Waals surface area contributed by atoms with E-state index in [1.807, 2.05) is 30.3 Å². The molecule has 0 aliphatic heterocycles. The summed E-state index contributed by atoms with van der Waals surface area (Å²) in [7, 11) is 0. The van der Waals surface area contributed by atoms with Crippen LogP contribution in [0.15, 0.2) is 30.3 Å². The topological polar surface area (TPSA) is 36.7 Å². The third-order valence-electron chi connectivity index (χ3n) is 2.27. The minimum absolute atomic E-state index is 0.366. The molecule has 0 N–H and O–H groups in total. The molecule has 0 fully saturated rings. The Bertz CT molecular complexity index is 645. The normalized spacial score (nSPS) is 9.41. The third kappa shape index (κ3) is 2.56. The van der Waals surface area contributed by atoms with Gasteiger partial charge in [-0.3, -0.25) is 0 Å². The first kappa shape index (κ1) is 11.5. The first-order valence-electron chi connectivity index (χ1n) is 5.20. The number of benzene rings is 1. The number of nitrogens with zero attached hydrogens (tertiary/aromatic N) is 2. The maximum absolute atomic E-state index is 9.03. The SMILES string of the molecule is N#Cc1nc2ccccc2cc1C#CCCCl. The van der Waals surface area contributed by atoms with Gasteiger partial charge in [-0.25, -0.2) is 4.98 Å². The van der Waals surface area contributed by atoms with Crippen molar-refractivity contribution in [2.24, 2.45) is 0 Å². The van der Waals surface area contributed by atoms with Gasteiger partial charge in [-0.2, -0.15) is 5.26 Å². The van der Waals surface area contributed by atoms with E-state index in [0.29, 0.717) is 23.6 Å². The Hall–Kier alpha value is -2.03. The number of aromatic nitrogens is 1. The number of halogens is 1. The first-order chi connectivity index (χ1) is 8.35. The van der Waals surface area contributed by atoms with Crippen molar-refractivity contribution < 1.29 is 0 Å². The Labute approximate surface area is 105 Å². The number of nitriles is 1. The average Bonchev–Trinajstić information content (AvgIpc) is 2.38. The molecule has 17 heavy (non-hydrogen) atoms. The predicted octanol–water partition coefficient (Wildman–Crippen LogP) is 3.09. The van der Waals surface area contributed by atoms with Crippen LogP contribution in [0.3, 0.4) is 0 Å². The predicted molar refractivity (Wildman–Crippen MR) is 68.7 cm³/mol. The summed E-state index contributed by atoms with van der Waals surface area (Å²) in [6.45, 7) is 0. The summed E-state index contributed by atoms with van der Waals surface area (Å²) in [6.07, 6.45) is 0.610. The van der Waals surface area contributed by atoms with Crippen molar-refractivity contribution in [3.63, 3.8) is 0 Å². The molecule has 0 aliphatic carbocycles. The van der Waals surface area contributed by atoms with Gasteiger partial charge in [0.2, 0.25) is 0 Å². The van der Waals surface area contributed by atoms with E-state index in [4.69, 9.17) is 16.9 Å². The van der Waals surface area contributed by atoms with Crippen molar-refractivity contribution in [2.75, 3.05) is 5.88 Å². The zero-order valence-electron chi connectivity index (χ0n) is 9.07. The lowest BCUT2D eigenvalue weighted by Gasteiger charge is -1.99. The monoisotopic (exact) mass is 240 g/mol. The largest absolute Gasteiger partial charge is 0.236 e. The molecule has 0 atom stereocenters. The molecule has 2 rings (SSSR count). The molecule has 0 spiro atoms. The number of fused-ring (bicyclic) bond motifs is 1. The standard InChI is InChI=1S/C14H9ClN2/c15-8-4-3-6-12-9-11-5-1-2-7-13(11)17-14(12)10-16/h1-2,5,7,9H,4,8H2. The molecule has 0 saturated heterocycles. The fraction of sp³-hybridized carbons (Fsp3) is 0.143. The number of hydrogen-bond acceptors (Lipinski definition) is 2. The van der Waals surface area contributed by atoms with Crippen LogP contribution in [-0.4, -0.2) is 10.9 Å². The Morgan fingerprint density at radius 3 is 2.88 bits per heavy atom. The molecule has 1 heterocycles. The quantitative estimate of drug-likeness (QED) is 0.567. The lowest BCUT2D eigenvalue weighted by molar-refractivity contribution is 1.28. The highest BCUT2D eigenvalue weighted by molar-refractivity contribution is 6.18. The molecule has 0 radical (unpaired) electrons. The van der Waals surface area contributed by atoms with E-state index in [2.05, 4.69) is 22.9 Å². The molecule has 3 heteroatoms. The molecule has 82 valence electrons. The number of para-hydroxylation sites is 1. The second kappa shape index (κ2) is 5.34. The zero-order valence-corrected chi connectivity index (χ0v) is 9.83. The molecule has 0 unspecified atom stereocenters. The number of hydrogen-bond donors (Lipinski definition) is 0. The van der Waals surface area contributed by atoms with Gasteiger partial charge in [0, 0.05) is 17.7 Å². The summed E-state index contributed by atoms with van der Waals surface area (Å²) in [5.41, 5.74) is 1.84. The summed E-state index contributed by atoms with van der Waals surface area (Å²) in [5.74, 6) is 6.35. The summed E-state index contributed by atoms with van der Waals surface area (Å²) in [5, 5.41) is 10.0. The maximum atomic E-state index is 9.03. The Balaban J connectivity index is 2.55. The van der Waals surface area contributed by atoms with Crippen molar-refractivity contribution in [3.8, 4) is 17.9 Å². The highest BCUT2D eigenvalue weighted by atomic mass is 35.5. The van der Waals surface area contributed by atoms with Crippen molar-refractivity contribution in [1.29, 1.82) is 5.26 Å². The minimum Gasteiger partial charge on any atom is -0.236 e. The first-order valence-corrected chi connectivity index (χ1v) is 5.73. The van der Waals surface area contributed by atoms with Crippen molar-refractivity contribution in [3.05, 3.63) is 41.6 Å². The van der Waals surface area contributed by atoms with Crippen LogP contribution in [0.5, 0.6) is 0 Å². The van der Waals surface area contributed by atoms with Crippen LogP contribution < -0.4 is 0 Å². The summed E-state index contributed by atoms with van der Waals surface area (Å²) in [6, 6.07) is 11.6. The van der Waals surface area contributed by atoms with E-state index in [1.54, 1.807) is 0 Å². The third-order valence-corrected chi connectivity index (χ3v) is 2.46. The van der Waals surface area contributed by atoms with Crippen LogP contribution in [0, 0.1) is 23.2 Å². The highest BCUT2D eigenvalue weighted by Crippen LogP contribution is 2.15. The Morgan fingerprint density at radius 1 is 1.29 bits per heavy atom. The fourth-order valence-electron chi connectivity index (χ4n) is 1.50. The average molecular weight is 241 g/mol. The molecule has 0 amide bonds. The van der Waals surface area contributed by atoms with Crippen LogP contribution in [0.1, 0.15) is 17.7 Å². The minimum atomic E-state index is 0.366. The second-order valence-corrected chi connectivity index (χ2v) is 3.81. The molecule has 0 bridgehead atoms. The van der Waals surface area contributed by atoms with Crippen LogP contribution >= 0.6 is 11.6 Å². The molecular weight excluding hydrogens is 232 g/mol. The number of alkyl halides is 1. The van der Waals surface area contributed by atoms with E-state index in [0.717, 1.165) is 10.9 Å². The van der Waals surface area contributed by atoms with Crippen LogP contribution in [-0.2, 0) is 0 Å². The molecule has 2 aromatic rings. The van der Waals surface area contributed by atoms with Crippen molar-refractivity contribution >= 4 is 22.5 Å². The van der Waals surface area contributed by atoms with E-state index < -0.39 is 0 Å². The smallest absolute Gasteiger partial charge is 0.156 e. The van der Waals surface area contributed by atoms with Gasteiger partial charge in [0.15, 0.2) is 5.69 Å². The lowest BCUT2D eigenvalue weighted by atomic mass is 10.1. The summed E-state index contributed by atoms with van der Waals surface area (Å²) in [4.78, 5) is 4.28. The summed E-state index contributed by atoms with van der Waals surface area (Å²) >= 11 is 5.55. The van der Waals surface area contributed by atoms with Crippen LogP contribution in [0.2, 0.25) is 0 Å². The number of pyridine rings is 1. The molecule has 0 saturated carbocycles. The molecule has 2 nitrogen and oxygen atoms in total. The highest BCUT2D eigenvalue weighted by Gasteiger charge is 2.03. The van der Waals surface area contributed by atoms with Crippen LogP contribution in [0.25, 0.3) is 10.9 Å². The van der Waals surface area contributed by atoms with Gasteiger partial charge < -0.3 is 0 Å². The Kier molecular flexibility index (Phi) is 3.60. The van der Waals surface area contributed by atoms with Gasteiger partial charge in [0.05, 0.1) is 11.1 Å². The zero-order chi connectivity index (χ0) is 12.1. The molecule has 0 aliphatic rings. The van der Waals surface area contributed by atoms with E-state index >= 15 is 0 Å². The van der Waals surface area contributed by atoms with Crippen molar-refractivity contribution in [1.82, 2.24) is 4.98 Å². The molecular formula is C14H9ClN2. The number of rotatable bonds is 1. The summed E-state index contributed by atoms with van der Waals surface area (Å²) < 4.78 is 0. The van der Waals surface area contributed by atoms with E-state index in [1.165, 1.54) is 0 Å². The van der Waals surface area contributed by atoms with Gasteiger partial charge in [-0.05, 0) is 12.1 Å². The van der Waals surface area contributed by atoms with Gasteiger partial charge in [0.1, 0.15) is 6.07 Å². The maximum Gasteiger partial charge on any atom is 0.156 e. The fourth-order valence-corrected chi connectivity index (χ4v) is 1.60. The molecule has 1 aromatic heterocycles. The Morgan fingerprint density at radius 2 is 2.12 bits per heavy atom. The van der Waals surface area contributed by atoms with Gasteiger partial charge in [-0.1, -0.05) is 30.0 Å². The van der Waals surface area contributed by atoms with Crippen LogP contribution in [0.4, 0.5) is 0 Å². The second-order valence-electron chi connectivity index (χ2n) is 3.43. The van der Waals surface area contributed by atoms with Gasteiger partial charge in [-0.15, -0.1) is 11.6 Å². The molecule has 1 aromatic carbocycles. The lowest BCUT2D eigenvalue weighted by Crippen LogP contribution is -1.90. The van der Waals surface area contributed by atoms with Gasteiger partial charge >= 0.3 is 0 Å². The van der Waals surface area contributed by atoms with Crippen molar-refractivity contribution in [2.45, 2.75) is 6.42 Å². The van der Waals surface area contributed by atoms with E-state index in [9.17, 15) is 0 Å². The van der Waals surface area contributed by atoms with Gasteiger partial charge in [0.25, 0.3) is 0 Å². The van der Waals surface area contributed by atoms with E-state index in [-0.39, 0.29) is 0 Å².